The van der Waals surface area contributed by atoms with Crippen molar-refractivity contribution in [1.29, 1.82) is 0 Å². The second kappa shape index (κ2) is 5.11. The molecule has 1 fully saturated rings. The Bertz CT molecular complexity index is 538. The van der Waals surface area contributed by atoms with Crippen LogP contribution >= 0.6 is 0 Å². The van der Waals surface area contributed by atoms with Gasteiger partial charge in [-0.2, -0.15) is 0 Å². The SMILES string of the molecule is Cc1ccc2cc(CC3CCCCN3)ccc2c1. The number of hydrogen-bond acceptors (Lipinski definition) is 1. The van der Waals surface area contributed by atoms with Gasteiger partial charge in [0.2, 0.25) is 0 Å². The Morgan fingerprint density at radius 1 is 1.06 bits per heavy atom. The van der Waals surface area contributed by atoms with Gasteiger partial charge in [-0.05, 0) is 49.1 Å². The van der Waals surface area contributed by atoms with Crippen molar-refractivity contribution in [2.45, 2.75) is 38.6 Å². The topological polar surface area (TPSA) is 12.0 Å². The van der Waals surface area contributed by atoms with Crippen LogP contribution in [0, 0.1) is 6.92 Å². The molecule has 0 aliphatic carbocycles. The molecule has 0 bridgehead atoms. The van der Waals surface area contributed by atoms with Crippen LogP contribution in [0.2, 0.25) is 0 Å². The van der Waals surface area contributed by atoms with E-state index in [1.165, 1.54) is 54.1 Å². The summed E-state index contributed by atoms with van der Waals surface area (Å²) in [7, 11) is 0. The van der Waals surface area contributed by atoms with E-state index < -0.39 is 0 Å². The van der Waals surface area contributed by atoms with Gasteiger partial charge in [-0.1, -0.05) is 48.4 Å². The normalized spacial score (nSPS) is 20.2. The first-order valence-corrected chi connectivity index (χ1v) is 7.04. The van der Waals surface area contributed by atoms with Crippen LogP contribution < -0.4 is 5.32 Å². The average Bonchev–Trinajstić information content (AvgIpc) is 2.40. The first-order chi connectivity index (χ1) is 8.81. The lowest BCUT2D eigenvalue weighted by Crippen LogP contribution is -2.35. The Balaban J connectivity index is 1.82. The number of benzene rings is 2. The highest BCUT2D eigenvalue weighted by Crippen LogP contribution is 2.20. The third-order valence-electron chi connectivity index (χ3n) is 3.95. The minimum Gasteiger partial charge on any atom is -0.314 e. The fourth-order valence-corrected chi connectivity index (χ4v) is 2.92. The number of nitrogens with one attached hydrogen (secondary N) is 1. The largest absolute Gasteiger partial charge is 0.314 e. The van der Waals surface area contributed by atoms with E-state index in [1.807, 2.05) is 0 Å². The molecule has 2 aromatic rings. The smallest absolute Gasteiger partial charge is 0.0107 e. The van der Waals surface area contributed by atoms with E-state index in [4.69, 9.17) is 0 Å². The van der Waals surface area contributed by atoms with Crippen LogP contribution in [0.25, 0.3) is 10.8 Å². The number of aryl methyl sites for hydroxylation is 1. The highest BCUT2D eigenvalue weighted by molar-refractivity contribution is 5.83. The summed E-state index contributed by atoms with van der Waals surface area (Å²) in [5.74, 6) is 0. The van der Waals surface area contributed by atoms with E-state index in [0.29, 0.717) is 6.04 Å². The van der Waals surface area contributed by atoms with Crippen molar-refractivity contribution < 1.29 is 0 Å². The second-order valence-corrected chi connectivity index (χ2v) is 5.54. The molecule has 3 rings (SSSR count). The summed E-state index contributed by atoms with van der Waals surface area (Å²) < 4.78 is 0. The Morgan fingerprint density at radius 2 is 1.89 bits per heavy atom. The van der Waals surface area contributed by atoms with Crippen molar-refractivity contribution in [3.05, 3.63) is 47.5 Å². The van der Waals surface area contributed by atoms with Gasteiger partial charge in [0, 0.05) is 6.04 Å². The number of hydrogen-bond donors (Lipinski definition) is 1. The Morgan fingerprint density at radius 3 is 2.72 bits per heavy atom. The molecule has 1 aliphatic rings. The zero-order chi connectivity index (χ0) is 12.4. The van der Waals surface area contributed by atoms with Crippen LogP contribution in [0.5, 0.6) is 0 Å². The monoisotopic (exact) mass is 239 g/mol. The van der Waals surface area contributed by atoms with Crippen molar-refractivity contribution in [3.8, 4) is 0 Å². The molecular formula is C17H21N. The van der Waals surface area contributed by atoms with Gasteiger partial charge in [-0.25, -0.2) is 0 Å². The molecule has 0 radical (unpaired) electrons. The van der Waals surface area contributed by atoms with E-state index in [0.717, 1.165) is 0 Å². The van der Waals surface area contributed by atoms with Crippen LogP contribution in [0.3, 0.4) is 0 Å². The summed E-state index contributed by atoms with van der Waals surface area (Å²) in [6, 6.07) is 14.3. The van der Waals surface area contributed by atoms with Gasteiger partial charge in [0.1, 0.15) is 0 Å². The summed E-state index contributed by atoms with van der Waals surface area (Å²) in [6.07, 6.45) is 5.22. The van der Waals surface area contributed by atoms with E-state index in [-0.39, 0.29) is 0 Å². The molecule has 1 atom stereocenters. The fourth-order valence-electron chi connectivity index (χ4n) is 2.92. The maximum atomic E-state index is 3.62. The van der Waals surface area contributed by atoms with Crippen molar-refractivity contribution in [1.82, 2.24) is 5.32 Å². The Hall–Kier alpha value is -1.34. The summed E-state index contributed by atoms with van der Waals surface area (Å²) in [4.78, 5) is 0. The molecule has 1 heteroatoms. The summed E-state index contributed by atoms with van der Waals surface area (Å²) in [5, 5.41) is 6.35. The van der Waals surface area contributed by atoms with Gasteiger partial charge < -0.3 is 5.32 Å². The minimum atomic E-state index is 0.682. The van der Waals surface area contributed by atoms with Gasteiger partial charge in [0.05, 0.1) is 0 Å². The van der Waals surface area contributed by atoms with Gasteiger partial charge in [-0.3, -0.25) is 0 Å². The van der Waals surface area contributed by atoms with E-state index in [2.05, 4.69) is 48.6 Å². The van der Waals surface area contributed by atoms with Crippen molar-refractivity contribution in [2.24, 2.45) is 0 Å². The standard InChI is InChI=1S/C17H21N/c1-13-5-7-16-11-14(6-8-15(16)10-13)12-17-4-2-3-9-18-17/h5-8,10-11,17-18H,2-4,9,12H2,1H3. The van der Waals surface area contributed by atoms with Gasteiger partial charge in [-0.15, -0.1) is 0 Å². The lowest BCUT2D eigenvalue weighted by atomic mass is 9.96. The molecule has 0 aromatic heterocycles. The van der Waals surface area contributed by atoms with Gasteiger partial charge in [0.15, 0.2) is 0 Å². The molecule has 0 spiro atoms. The first-order valence-electron chi connectivity index (χ1n) is 7.04. The lowest BCUT2D eigenvalue weighted by Gasteiger charge is -2.23. The van der Waals surface area contributed by atoms with Crippen molar-refractivity contribution in [3.63, 3.8) is 0 Å². The average molecular weight is 239 g/mol. The quantitative estimate of drug-likeness (QED) is 0.839. The molecular weight excluding hydrogens is 218 g/mol. The van der Waals surface area contributed by atoms with E-state index in [9.17, 15) is 0 Å². The molecule has 18 heavy (non-hydrogen) atoms. The molecule has 1 N–H and O–H groups in total. The van der Waals surface area contributed by atoms with Crippen LogP contribution in [0.15, 0.2) is 36.4 Å². The minimum absolute atomic E-state index is 0.682. The predicted molar refractivity (Wildman–Crippen MR) is 78.0 cm³/mol. The summed E-state index contributed by atoms with van der Waals surface area (Å²) in [6.45, 7) is 3.34. The van der Waals surface area contributed by atoms with E-state index in [1.54, 1.807) is 0 Å². The number of fused-ring (bicyclic) bond motifs is 1. The maximum Gasteiger partial charge on any atom is 0.0107 e. The molecule has 1 aliphatic heterocycles. The molecule has 0 saturated carbocycles. The number of piperidine rings is 1. The Labute approximate surface area is 109 Å². The molecule has 1 unspecified atom stereocenters. The lowest BCUT2D eigenvalue weighted by molar-refractivity contribution is 0.399. The van der Waals surface area contributed by atoms with Crippen LogP contribution in [0.1, 0.15) is 30.4 Å². The molecule has 1 saturated heterocycles. The molecule has 2 aromatic carbocycles. The zero-order valence-corrected chi connectivity index (χ0v) is 11.1. The summed E-state index contributed by atoms with van der Waals surface area (Å²) >= 11 is 0. The molecule has 1 heterocycles. The highest BCUT2D eigenvalue weighted by Gasteiger charge is 2.12. The van der Waals surface area contributed by atoms with Crippen molar-refractivity contribution in [2.75, 3.05) is 6.54 Å². The molecule has 1 nitrogen and oxygen atoms in total. The third-order valence-corrected chi connectivity index (χ3v) is 3.95. The van der Waals surface area contributed by atoms with Gasteiger partial charge in [0.25, 0.3) is 0 Å². The zero-order valence-electron chi connectivity index (χ0n) is 11.1. The van der Waals surface area contributed by atoms with Crippen LogP contribution in [-0.2, 0) is 6.42 Å². The Kier molecular flexibility index (Phi) is 3.33. The third kappa shape index (κ3) is 2.56. The summed E-state index contributed by atoms with van der Waals surface area (Å²) in [5.41, 5.74) is 2.80. The van der Waals surface area contributed by atoms with Gasteiger partial charge >= 0.3 is 0 Å². The second-order valence-electron chi connectivity index (χ2n) is 5.54. The molecule has 0 amide bonds. The van der Waals surface area contributed by atoms with Crippen molar-refractivity contribution >= 4 is 10.8 Å². The maximum absolute atomic E-state index is 3.62. The molecule has 94 valence electrons. The highest BCUT2D eigenvalue weighted by atomic mass is 14.9. The predicted octanol–water partition coefficient (Wildman–Crippen LogP) is 3.83. The van der Waals surface area contributed by atoms with Crippen LogP contribution in [0.4, 0.5) is 0 Å². The number of rotatable bonds is 2. The first kappa shape index (κ1) is 11.7. The van der Waals surface area contributed by atoms with E-state index >= 15 is 0 Å². The van der Waals surface area contributed by atoms with Crippen LogP contribution in [-0.4, -0.2) is 12.6 Å². The fraction of sp³-hybridized carbons (Fsp3) is 0.412.